The first kappa shape index (κ1) is 10.9. The van der Waals surface area contributed by atoms with E-state index >= 15 is 0 Å². The molecule has 0 bridgehead atoms. The minimum Gasteiger partial charge on any atom is -0.360 e. The Kier molecular flexibility index (Phi) is 2.35. The molecule has 0 amide bonds. The normalized spacial score (nSPS) is 11.0. The lowest BCUT2D eigenvalue weighted by atomic mass is 10.1. The van der Waals surface area contributed by atoms with E-state index in [-0.39, 0.29) is 0 Å². The van der Waals surface area contributed by atoms with Gasteiger partial charge in [-0.15, -0.1) is 5.10 Å². The zero-order valence-electron chi connectivity index (χ0n) is 10.6. The molecule has 5 heteroatoms. The van der Waals surface area contributed by atoms with E-state index in [4.69, 9.17) is 0 Å². The quantitative estimate of drug-likeness (QED) is 0.603. The molecule has 96 valence electrons. The number of aromatic nitrogens is 5. The Morgan fingerprint density at radius 1 is 0.900 bits per heavy atom. The summed E-state index contributed by atoms with van der Waals surface area (Å²) < 4.78 is 1.75. The molecule has 20 heavy (non-hydrogen) atoms. The Morgan fingerprint density at radius 2 is 1.70 bits per heavy atom. The molecule has 0 unspecified atom stereocenters. The predicted molar refractivity (Wildman–Crippen MR) is 76.4 cm³/mol. The number of rotatable bonds is 2. The van der Waals surface area contributed by atoms with Gasteiger partial charge in [-0.25, -0.2) is 0 Å². The molecule has 0 spiro atoms. The minimum atomic E-state index is 0.730. The van der Waals surface area contributed by atoms with Crippen LogP contribution in [0.15, 0.2) is 60.8 Å². The lowest BCUT2D eigenvalue weighted by Gasteiger charge is -2.03. The highest BCUT2D eigenvalue weighted by Gasteiger charge is 2.14. The largest absolute Gasteiger partial charge is 0.360 e. The molecule has 0 saturated heterocycles. The Labute approximate surface area is 114 Å². The molecule has 2 aromatic heterocycles. The van der Waals surface area contributed by atoms with Gasteiger partial charge in [-0.1, -0.05) is 36.4 Å². The predicted octanol–water partition coefficient (Wildman–Crippen LogP) is 2.81. The molecule has 2 aromatic carbocycles. The maximum Gasteiger partial charge on any atom is 0.189 e. The molecule has 0 radical (unpaired) electrons. The third-order valence-electron chi connectivity index (χ3n) is 3.30. The summed E-state index contributed by atoms with van der Waals surface area (Å²) in [5.74, 6) is 0.730. The molecular formula is C15H11N5. The van der Waals surface area contributed by atoms with Crippen molar-refractivity contribution < 1.29 is 0 Å². The van der Waals surface area contributed by atoms with Crippen LogP contribution in [0.3, 0.4) is 0 Å². The van der Waals surface area contributed by atoms with Gasteiger partial charge in [0.15, 0.2) is 5.82 Å². The highest BCUT2D eigenvalue weighted by Crippen LogP contribution is 2.27. The molecule has 2 heterocycles. The van der Waals surface area contributed by atoms with E-state index in [0.29, 0.717) is 0 Å². The second kappa shape index (κ2) is 4.31. The van der Waals surface area contributed by atoms with Gasteiger partial charge in [0, 0.05) is 22.7 Å². The first-order valence-corrected chi connectivity index (χ1v) is 6.34. The first-order chi connectivity index (χ1) is 9.93. The maximum atomic E-state index is 4.17. The number of nitrogens with one attached hydrogen (secondary N) is 1. The smallest absolute Gasteiger partial charge is 0.189 e. The van der Waals surface area contributed by atoms with Gasteiger partial charge in [-0.2, -0.15) is 4.68 Å². The van der Waals surface area contributed by atoms with Crippen molar-refractivity contribution in [3.05, 3.63) is 60.8 Å². The molecule has 4 rings (SSSR count). The summed E-state index contributed by atoms with van der Waals surface area (Å²) in [6, 6.07) is 18.0. The van der Waals surface area contributed by atoms with Crippen LogP contribution in [0.2, 0.25) is 0 Å². The van der Waals surface area contributed by atoms with Gasteiger partial charge < -0.3 is 4.98 Å². The van der Waals surface area contributed by atoms with Crippen molar-refractivity contribution in [2.24, 2.45) is 0 Å². The lowest BCUT2D eigenvalue weighted by Crippen LogP contribution is -1.98. The topological polar surface area (TPSA) is 59.4 Å². The van der Waals surface area contributed by atoms with Crippen LogP contribution in [0, 0.1) is 0 Å². The summed E-state index contributed by atoms with van der Waals surface area (Å²) in [4.78, 5) is 3.25. The highest BCUT2D eigenvalue weighted by molar-refractivity contribution is 5.93. The molecule has 1 N–H and O–H groups in total. The molecule has 0 saturated carbocycles. The molecule has 0 aliphatic carbocycles. The fraction of sp³-hybridized carbons (Fsp3) is 0. The van der Waals surface area contributed by atoms with Gasteiger partial charge in [0.2, 0.25) is 0 Å². The minimum absolute atomic E-state index is 0.730. The summed E-state index contributed by atoms with van der Waals surface area (Å²) in [5, 5.41) is 13.2. The SMILES string of the molecule is c1ccc(-n2nnnc2-c2c[nH]c3ccccc23)cc1. The molecule has 5 nitrogen and oxygen atoms in total. The van der Waals surface area contributed by atoms with Gasteiger partial charge in [0.05, 0.1) is 5.69 Å². The summed E-state index contributed by atoms with van der Waals surface area (Å²) in [6.07, 6.45) is 1.94. The monoisotopic (exact) mass is 261 g/mol. The van der Waals surface area contributed by atoms with Crippen LogP contribution in [0.1, 0.15) is 0 Å². The number of tetrazole rings is 1. The van der Waals surface area contributed by atoms with Crippen LogP contribution in [0.5, 0.6) is 0 Å². The van der Waals surface area contributed by atoms with E-state index in [1.807, 2.05) is 54.7 Å². The number of nitrogens with zero attached hydrogens (tertiary/aromatic N) is 4. The molecule has 0 fully saturated rings. The van der Waals surface area contributed by atoms with E-state index < -0.39 is 0 Å². The lowest BCUT2D eigenvalue weighted by molar-refractivity contribution is 0.791. The Bertz CT molecular complexity index is 860. The first-order valence-electron chi connectivity index (χ1n) is 6.34. The van der Waals surface area contributed by atoms with E-state index in [2.05, 4.69) is 26.6 Å². The zero-order valence-corrected chi connectivity index (χ0v) is 10.6. The van der Waals surface area contributed by atoms with Crippen molar-refractivity contribution in [2.45, 2.75) is 0 Å². The summed E-state index contributed by atoms with van der Waals surface area (Å²) >= 11 is 0. The van der Waals surface area contributed by atoms with Gasteiger partial charge in [0.25, 0.3) is 0 Å². The van der Waals surface area contributed by atoms with E-state index in [1.54, 1.807) is 4.68 Å². The van der Waals surface area contributed by atoms with Crippen LogP contribution >= 0.6 is 0 Å². The Hall–Kier alpha value is -2.95. The van der Waals surface area contributed by atoms with Crippen molar-refractivity contribution in [3.63, 3.8) is 0 Å². The Balaban J connectivity index is 1.94. The number of hydrogen-bond donors (Lipinski definition) is 1. The fourth-order valence-corrected chi connectivity index (χ4v) is 2.35. The van der Waals surface area contributed by atoms with Gasteiger partial charge >= 0.3 is 0 Å². The van der Waals surface area contributed by atoms with Crippen LogP contribution < -0.4 is 0 Å². The second-order valence-corrected chi connectivity index (χ2v) is 4.50. The fourth-order valence-electron chi connectivity index (χ4n) is 2.35. The summed E-state index contributed by atoms with van der Waals surface area (Å²) in [7, 11) is 0. The van der Waals surface area contributed by atoms with E-state index in [9.17, 15) is 0 Å². The number of H-pyrrole nitrogens is 1. The van der Waals surface area contributed by atoms with Crippen LogP contribution in [-0.2, 0) is 0 Å². The van der Waals surface area contributed by atoms with Crippen LogP contribution in [0.25, 0.3) is 28.0 Å². The van der Waals surface area contributed by atoms with Crippen LogP contribution in [-0.4, -0.2) is 25.2 Å². The highest BCUT2D eigenvalue weighted by atomic mass is 15.5. The van der Waals surface area contributed by atoms with Crippen LogP contribution in [0.4, 0.5) is 0 Å². The number of hydrogen-bond acceptors (Lipinski definition) is 3. The number of para-hydroxylation sites is 2. The second-order valence-electron chi connectivity index (χ2n) is 4.50. The van der Waals surface area contributed by atoms with Crippen molar-refractivity contribution in [2.75, 3.05) is 0 Å². The third kappa shape index (κ3) is 1.60. The van der Waals surface area contributed by atoms with E-state index in [1.165, 1.54) is 0 Å². The number of benzene rings is 2. The van der Waals surface area contributed by atoms with Gasteiger partial charge in [0.1, 0.15) is 0 Å². The van der Waals surface area contributed by atoms with Crippen molar-refractivity contribution >= 4 is 10.9 Å². The number of fused-ring (bicyclic) bond motifs is 1. The van der Waals surface area contributed by atoms with Crippen molar-refractivity contribution in [1.82, 2.24) is 25.2 Å². The molecule has 0 aliphatic heterocycles. The molecule has 0 aliphatic rings. The standard InChI is InChI=1S/C15H11N5/c1-2-6-11(7-3-1)20-15(17-18-19-20)13-10-16-14-9-5-4-8-12(13)14/h1-10,16H. The zero-order chi connectivity index (χ0) is 13.4. The van der Waals surface area contributed by atoms with Crippen molar-refractivity contribution in [1.29, 1.82) is 0 Å². The number of aromatic amines is 1. The maximum absolute atomic E-state index is 4.17. The average Bonchev–Trinajstić information content (AvgIpc) is 3.14. The van der Waals surface area contributed by atoms with Crippen molar-refractivity contribution in [3.8, 4) is 17.1 Å². The summed E-state index contributed by atoms with van der Waals surface area (Å²) in [5.41, 5.74) is 3.01. The van der Waals surface area contributed by atoms with Gasteiger partial charge in [-0.3, -0.25) is 0 Å². The Morgan fingerprint density at radius 3 is 2.60 bits per heavy atom. The molecule has 4 aromatic rings. The molecular weight excluding hydrogens is 250 g/mol. The van der Waals surface area contributed by atoms with Gasteiger partial charge in [-0.05, 0) is 28.6 Å². The third-order valence-corrected chi connectivity index (χ3v) is 3.30. The molecule has 0 atom stereocenters. The average molecular weight is 261 g/mol. The van der Waals surface area contributed by atoms with E-state index in [0.717, 1.165) is 28.0 Å². The summed E-state index contributed by atoms with van der Waals surface area (Å²) in [6.45, 7) is 0.